The van der Waals surface area contributed by atoms with Gasteiger partial charge < -0.3 is 4.74 Å². The number of fused-ring (bicyclic) bond motifs is 2. The van der Waals surface area contributed by atoms with Crippen molar-refractivity contribution in [1.29, 1.82) is 0 Å². The molecule has 0 saturated heterocycles. The van der Waals surface area contributed by atoms with Crippen molar-refractivity contribution in [2.75, 3.05) is 0 Å². The van der Waals surface area contributed by atoms with Crippen molar-refractivity contribution in [3.63, 3.8) is 0 Å². The van der Waals surface area contributed by atoms with Crippen molar-refractivity contribution in [3.05, 3.63) is 41.7 Å². The Kier molecular flexibility index (Phi) is 5.76. The van der Waals surface area contributed by atoms with Gasteiger partial charge in [0.05, 0.1) is 0 Å². The van der Waals surface area contributed by atoms with Crippen molar-refractivity contribution in [3.8, 4) is 5.75 Å². The van der Waals surface area contributed by atoms with E-state index in [1.165, 1.54) is 38.5 Å². The topological polar surface area (TPSA) is 9.23 Å². The van der Waals surface area contributed by atoms with Crippen LogP contribution in [-0.2, 0) is 0 Å². The first kappa shape index (κ1) is 20.5. The summed E-state index contributed by atoms with van der Waals surface area (Å²) in [6.07, 6.45) is 5.20. The quantitative estimate of drug-likeness (QED) is 0.466. The summed E-state index contributed by atoms with van der Waals surface area (Å²) in [6, 6.07) is 7.96. The first-order chi connectivity index (χ1) is 13.8. The summed E-state index contributed by atoms with van der Waals surface area (Å²) >= 11 is 0. The second kappa shape index (κ2) is 8.16. The van der Waals surface area contributed by atoms with E-state index in [0.29, 0.717) is 11.3 Å². The van der Waals surface area contributed by atoms with Gasteiger partial charge in [-0.2, -0.15) is 0 Å². The van der Waals surface area contributed by atoms with Gasteiger partial charge in [0.15, 0.2) is 11.6 Å². The molecule has 0 spiro atoms. The molecule has 0 radical (unpaired) electrons. The molecule has 158 valence electrons. The fourth-order valence-electron chi connectivity index (χ4n) is 5.73. The normalized spacial score (nSPS) is 27.6. The Morgan fingerprint density at radius 3 is 2.48 bits per heavy atom. The molecule has 4 rings (SSSR count). The third kappa shape index (κ3) is 4.54. The highest BCUT2D eigenvalue weighted by atomic mass is 19.4. The zero-order chi connectivity index (χ0) is 20.6. The summed E-state index contributed by atoms with van der Waals surface area (Å²) in [6.45, 7) is 2.26. The summed E-state index contributed by atoms with van der Waals surface area (Å²) < 4.78 is 55.9. The average Bonchev–Trinajstić information content (AvgIpc) is 2.69. The van der Waals surface area contributed by atoms with E-state index in [9.17, 15) is 17.6 Å². The number of rotatable bonds is 4. The van der Waals surface area contributed by atoms with Gasteiger partial charge in [-0.05, 0) is 72.8 Å². The Balaban J connectivity index is 1.53. The first-order valence-electron chi connectivity index (χ1n) is 10.8. The molecule has 0 heterocycles. The smallest absolute Gasteiger partial charge is 0.402 e. The van der Waals surface area contributed by atoms with Crippen molar-refractivity contribution in [1.82, 2.24) is 0 Å². The van der Waals surface area contributed by atoms with Crippen LogP contribution in [0.4, 0.5) is 17.6 Å². The molecule has 2 saturated carbocycles. The fourth-order valence-corrected chi connectivity index (χ4v) is 5.73. The number of halogens is 4. The van der Waals surface area contributed by atoms with Crippen LogP contribution in [0.3, 0.4) is 0 Å². The molecule has 0 bridgehead atoms. The molecular formula is C24H28F4O. The van der Waals surface area contributed by atoms with Gasteiger partial charge in [0.2, 0.25) is 0 Å². The number of alkyl halides is 3. The first-order valence-corrected chi connectivity index (χ1v) is 10.8. The van der Waals surface area contributed by atoms with Crippen LogP contribution in [0.25, 0.3) is 10.8 Å². The van der Waals surface area contributed by atoms with Crippen LogP contribution in [0.5, 0.6) is 5.75 Å². The lowest BCUT2D eigenvalue weighted by Crippen LogP contribution is -2.30. The van der Waals surface area contributed by atoms with Crippen molar-refractivity contribution >= 4 is 10.8 Å². The third-order valence-corrected chi connectivity index (χ3v) is 7.05. The number of ether oxygens (including phenoxy) is 1. The van der Waals surface area contributed by atoms with Gasteiger partial charge in [-0.1, -0.05) is 50.5 Å². The van der Waals surface area contributed by atoms with Crippen LogP contribution in [0.15, 0.2) is 30.3 Å². The maximum Gasteiger partial charge on any atom is 0.573 e. The molecule has 29 heavy (non-hydrogen) atoms. The minimum atomic E-state index is -4.91. The molecule has 4 unspecified atom stereocenters. The summed E-state index contributed by atoms with van der Waals surface area (Å²) in [5, 5.41) is 0.761. The van der Waals surface area contributed by atoms with Crippen LogP contribution in [0, 0.1) is 23.6 Å². The molecular weight excluding hydrogens is 380 g/mol. The summed E-state index contributed by atoms with van der Waals surface area (Å²) in [5.74, 6) is 1.18. The molecule has 4 atom stereocenters. The lowest BCUT2D eigenvalue weighted by molar-refractivity contribution is -0.275. The van der Waals surface area contributed by atoms with E-state index in [-0.39, 0.29) is 5.39 Å². The third-order valence-electron chi connectivity index (χ3n) is 7.05. The SMILES string of the molecule is CCCC1CCC2CC(c3ccc4c(OC(F)(F)F)c(F)ccc4c3)CCC2C1. The van der Waals surface area contributed by atoms with E-state index in [1.807, 2.05) is 12.1 Å². The molecule has 1 nitrogen and oxygen atoms in total. The number of benzene rings is 2. The van der Waals surface area contributed by atoms with Crippen molar-refractivity contribution in [2.24, 2.45) is 17.8 Å². The zero-order valence-corrected chi connectivity index (χ0v) is 16.8. The molecule has 0 aromatic heterocycles. The Hall–Kier alpha value is -1.78. The Labute approximate surface area is 169 Å². The zero-order valence-electron chi connectivity index (χ0n) is 16.8. The molecule has 5 heteroatoms. The largest absolute Gasteiger partial charge is 0.573 e. The molecule has 2 aromatic carbocycles. The second-order valence-electron chi connectivity index (χ2n) is 8.90. The van der Waals surface area contributed by atoms with E-state index in [0.717, 1.165) is 42.2 Å². The van der Waals surface area contributed by atoms with Crippen molar-refractivity contribution < 1.29 is 22.3 Å². The lowest BCUT2D eigenvalue weighted by Gasteiger charge is -2.42. The van der Waals surface area contributed by atoms with E-state index >= 15 is 0 Å². The molecule has 0 N–H and O–H groups in total. The maximum atomic E-state index is 14.0. The number of hydrogen-bond acceptors (Lipinski definition) is 1. The fraction of sp³-hybridized carbons (Fsp3) is 0.583. The van der Waals surface area contributed by atoms with E-state index in [1.54, 1.807) is 12.1 Å². The van der Waals surface area contributed by atoms with Crippen LogP contribution in [0.1, 0.15) is 69.8 Å². The summed E-state index contributed by atoms with van der Waals surface area (Å²) in [7, 11) is 0. The molecule has 2 aliphatic carbocycles. The van der Waals surface area contributed by atoms with Gasteiger partial charge >= 0.3 is 6.36 Å². The van der Waals surface area contributed by atoms with Gasteiger partial charge in [0.25, 0.3) is 0 Å². The van der Waals surface area contributed by atoms with Crippen LogP contribution in [-0.4, -0.2) is 6.36 Å². The predicted octanol–water partition coefficient (Wildman–Crippen LogP) is 7.98. The minimum Gasteiger partial charge on any atom is -0.402 e. The van der Waals surface area contributed by atoms with Crippen LogP contribution >= 0.6 is 0 Å². The van der Waals surface area contributed by atoms with E-state index in [4.69, 9.17) is 0 Å². The maximum absolute atomic E-state index is 14.0. The van der Waals surface area contributed by atoms with Crippen LogP contribution < -0.4 is 4.74 Å². The van der Waals surface area contributed by atoms with Gasteiger partial charge in [0, 0.05) is 5.39 Å². The predicted molar refractivity (Wildman–Crippen MR) is 106 cm³/mol. The van der Waals surface area contributed by atoms with Gasteiger partial charge in [-0.15, -0.1) is 13.2 Å². The van der Waals surface area contributed by atoms with Gasteiger partial charge in [-0.25, -0.2) is 4.39 Å². The van der Waals surface area contributed by atoms with Crippen molar-refractivity contribution in [2.45, 2.75) is 70.6 Å². The van der Waals surface area contributed by atoms with Gasteiger partial charge in [-0.3, -0.25) is 0 Å². The lowest BCUT2D eigenvalue weighted by atomic mass is 9.63. The van der Waals surface area contributed by atoms with Crippen LogP contribution in [0.2, 0.25) is 0 Å². The molecule has 2 fully saturated rings. The monoisotopic (exact) mass is 408 g/mol. The Morgan fingerprint density at radius 1 is 0.966 bits per heavy atom. The Morgan fingerprint density at radius 2 is 1.72 bits per heavy atom. The summed E-state index contributed by atoms with van der Waals surface area (Å²) in [4.78, 5) is 0. The van der Waals surface area contributed by atoms with E-state index < -0.39 is 17.9 Å². The molecule has 2 aliphatic rings. The molecule has 0 aliphatic heterocycles. The standard InChI is InChI=1S/C24H28F4O/c1-2-3-15-4-5-17-13-18(7-6-16(17)12-15)19-8-10-21-20(14-19)9-11-22(25)23(21)29-24(26,27)28/h8-11,14-18H,2-7,12-13H2,1H3. The van der Waals surface area contributed by atoms with Gasteiger partial charge in [0.1, 0.15) is 0 Å². The highest BCUT2D eigenvalue weighted by Crippen LogP contribution is 2.48. The highest BCUT2D eigenvalue weighted by molar-refractivity contribution is 5.89. The number of hydrogen-bond donors (Lipinski definition) is 0. The molecule has 2 aromatic rings. The summed E-state index contributed by atoms with van der Waals surface area (Å²) in [5.41, 5.74) is 1.15. The second-order valence-corrected chi connectivity index (χ2v) is 8.90. The minimum absolute atomic E-state index is 0.167. The van der Waals surface area contributed by atoms with E-state index in [2.05, 4.69) is 11.7 Å². The molecule has 0 amide bonds. The average molecular weight is 408 g/mol. The highest BCUT2D eigenvalue weighted by Gasteiger charge is 2.36. The Bertz CT molecular complexity index is 860.